The van der Waals surface area contributed by atoms with Gasteiger partial charge in [-0.25, -0.2) is 4.79 Å². The van der Waals surface area contributed by atoms with E-state index in [2.05, 4.69) is 48.8 Å². The van der Waals surface area contributed by atoms with Gasteiger partial charge in [-0.1, -0.05) is 20.8 Å². The standard InChI is InChI=1S/C15H17BrO2S/c1-5-18-14(17)12-7-9-6-10(15(2,3)4)8-11(16)13(9)19-12/h6-8H,5H2,1-4H3. The van der Waals surface area contributed by atoms with Gasteiger partial charge in [0, 0.05) is 9.17 Å². The molecule has 0 atom stereocenters. The second-order valence-electron chi connectivity index (χ2n) is 5.46. The molecule has 0 amide bonds. The molecule has 0 saturated heterocycles. The van der Waals surface area contributed by atoms with Gasteiger partial charge in [0.1, 0.15) is 4.88 Å². The van der Waals surface area contributed by atoms with E-state index >= 15 is 0 Å². The molecule has 1 aromatic carbocycles. The highest BCUT2D eigenvalue weighted by Crippen LogP contribution is 2.36. The Hall–Kier alpha value is -0.870. The SMILES string of the molecule is CCOC(=O)c1cc2cc(C(C)(C)C)cc(Br)c2s1. The number of halogens is 1. The Morgan fingerprint density at radius 3 is 2.58 bits per heavy atom. The van der Waals surface area contributed by atoms with Gasteiger partial charge in [0.05, 0.1) is 6.61 Å². The van der Waals surface area contributed by atoms with Crippen molar-refractivity contribution in [2.75, 3.05) is 6.61 Å². The topological polar surface area (TPSA) is 26.3 Å². The van der Waals surface area contributed by atoms with Crippen LogP contribution in [-0.2, 0) is 10.2 Å². The maximum Gasteiger partial charge on any atom is 0.348 e. The molecule has 0 spiro atoms. The van der Waals surface area contributed by atoms with Crippen LogP contribution < -0.4 is 0 Å². The number of fused-ring (bicyclic) bond motifs is 1. The highest BCUT2D eigenvalue weighted by molar-refractivity contribution is 9.10. The van der Waals surface area contributed by atoms with E-state index in [0.29, 0.717) is 11.5 Å². The number of ether oxygens (including phenoxy) is 1. The summed E-state index contributed by atoms with van der Waals surface area (Å²) in [5, 5.41) is 1.09. The van der Waals surface area contributed by atoms with Gasteiger partial charge < -0.3 is 4.74 Å². The molecular weight excluding hydrogens is 324 g/mol. The summed E-state index contributed by atoms with van der Waals surface area (Å²) in [4.78, 5) is 12.4. The van der Waals surface area contributed by atoms with Crippen molar-refractivity contribution in [2.45, 2.75) is 33.1 Å². The smallest absolute Gasteiger partial charge is 0.348 e. The Morgan fingerprint density at radius 2 is 2.00 bits per heavy atom. The number of thiophene rings is 1. The summed E-state index contributed by atoms with van der Waals surface area (Å²) in [6.45, 7) is 8.76. The number of hydrogen-bond acceptors (Lipinski definition) is 3. The summed E-state index contributed by atoms with van der Waals surface area (Å²) in [6.07, 6.45) is 0. The molecule has 0 saturated carbocycles. The number of carbonyl (C=O) groups excluding carboxylic acids is 1. The van der Waals surface area contributed by atoms with Crippen molar-refractivity contribution in [1.82, 2.24) is 0 Å². The minimum absolute atomic E-state index is 0.0860. The molecule has 0 aliphatic heterocycles. The number of carbonyl (C=O) groups is 1. The molecule has 2 rings (SSSR count). The quantitative estimate of drug-likeness (QED) is 0.707. The zero-order chi connectivity index (χ0) is 14.2. The number of benzene rings is 1. The summed E-state index contributed by atoms with van der Waals surface area (Å²) in [6, 6.07) is 6.20. The van der Waals surface area contributed by atoms with E-state index in [1.165, 1.54) is 16.9 Å². The monoisotopic (exact) mass is 340 g/mol. The first-order valence-corrected chi connectivity index (χ1v) is 7.84. The third-order valence-electron chi connectivity index (χ3n) is 2.91. The average Bonchev–Trinajstić information content (AvgIpc) is 2.72. The molecule has 1 aromatic heterocycles. The zero-order valence-electron chi connectivity index (χ0n) is 11.5. The predicted octanol–water partition coefficient (Wildman–Crippen LogP) is 5.14. The van der Waals surface area contributed by atoms with Gasteiger partial charge in [0.2, 0.25) is 0 Å². The van der Waals surface area contributed by atoms with Crippen molar-refractivity contribution < 1.29 is 9.53 Å². The van der Waals surface area contributed by atoms with E-state index in [4.69, 9.17) is 4.74 Å². The van der Waals surface area contributed by atoms with Crippen molar-refractivity contribution in [3.63, 3.8) is 0 Å². The van der Waals surface area contributed by atoms with E-state index in [1.807, 2.05) is 13.0 Å². The first-order valence-electron chi connectivity index (χ1n) is 6.23. The molecule has 4 heteroatoms. The summed E-state index contributed by atoms with van der Waals surface area (Å²) in [7, 11) is 0. The fourth-order valence-corrected chi connectivity index (χ4v) is 3.50. The van der Waals surface area contributed by atoms with E-state index in [0.717, 1.165) is 14.6 Å². The van der Waals surface area contributed by atoms with Gasteiger partial charge in [-0.05, 0) is 57.4 Å². The van der Waals surface area contributed by atoms with Crippen LogP contribution >= 0.6 is 27.3 Å². The molecule has 0 fully saturated rings. The average molecular weight is 341 g/mol. The van der Waals surface area contributed by atoms with E-state index < -0.39 is 0 Å². The van der Waals surface area contributed by atoms with E-state index in [9.17, 15) is 4.79 Å². The molecule has 102 valence electrons. The summed E-state index contributed by atoms with van der Waals surface area (Å²) < 4.78 is 7.18. The normalized spacial score (nSPS) is 11.8. The van der Waals surface area contributed by atoms with Gasteiger partial charge >= 0.3 is 5.97 Å². The molecule has 0 bridgehead atoms. The van der Waals surface area contributed by atoms with Crippen LogP contribution in [0.1, 0.15) is 42.9 Å². The lowest BCUT2D eigenvalue weighted by molar-refractivity contribution is 0.0532. The summed E-state index contributed by atoms with van der Waals surface area (Å²) >= 11 is 5.07. The second-order valence-corrected chi connectivity index (χ2v) is 7.36. The minimum atomic E-state index is -0.243. The Balaban J connectivity index is 2.54. The van der Waals surface area contributed by atoms with Gasteiger partial charge in [-0.2, -0.15) is 0 Å². The lowest BCUT2D eigenvalue weighted by atomic mass is 9.86. The lowest BCUT2D eigenvalue weighted by Crippen LogP contribution is -2.10. The molecule has 2 aromatic rings. The third-order valence-corrected chi connectivity index (χ3v) is 4.97. The van der Waals surface area contributed by atoms with Crippen LogP contribution in [0.4, 0.5) is 0 Å². The molecule has 0 unspecified atom stereocenters. The largest absolute Gasteiger partial charge is 0.462 e. The minimum Gasteiger partial charge on any atom is -0.462 e. The number of hydrogen-bond donors (Lipinski definition) is 0. The molecule has 0 aliphatic rings. The van der Waals surface area contributed by atoms with Crippen LogP contribution in [0.5, 0.6) is 0 Å². The van der Waals surface area contributed by atoms with Gasteiger partial charge in [0.15, 0.2) is 0 Å². The molecule has 0 N–H and O–H groups in total. The number of rotatable bonds is 2. The van der Waals surface area contributed by atoms with Crippen LogP contribution in [0.2, 0.25) is 0 Å². The Morgan fingerprint density at radius 1 is 1.32 bits per heavy atom. The van der Waals surface area contributed by atoms with Gasteiger partial charge in [0.25, 0.3) is 0 Å². The van der Waals surface area contributed by atoms with Crippen LogP contribution in [-0.4, -0.2) is 12.6 Å². The predicted molar refractivity (Wildman–Crippen MR) is 84.2 cm³/mol. The maximum atomic E-state index is 11.8. The highest BCUT2D eigenvalue weighted by Gasteiger charge is 2.18. The third kappa shape index (κ3) is 3.00. The lowest BCUT2D eigenvalue weighted by Gasteiger charge is -2.19. The molecule has 1 heterocycles. The molecule has 0 radical (unpaired) electrons. The van der Waals surface area contributed by atoms with Crippen LogP contribution in [0, 0.1) is 0 Å². The van der Waals surface area contributed by atoms with Crippen LogP contribution in [0.15, 0.2) is 22.7 Å². The maximum absolute atomic E-state index is 11.8. The van der Waals surface area contributed by atoms with Crippen LogP contribution in [0.3, 0.4) is 0 Å². The fraction of sp³-hybridized carbons (Fsp3) is 0.400. The number of esters is 1. The molecule has 19 heavy (non-hydrogen) atoms. The second kappa shape index (κ2) is 5.25. The fourth-order valence-electron chi connectivity index (χ4n) is 1.85. The van der Waals surface area contributed by atoms with E-state index in [-0.39, 0.29) is 11.4 Å². The van der Waals surface area contributed by atoms with Crippen LogP contribution in [0.25, 0.3) is 10.1 Å². The zero-order valence-corrected chi connectivity index (χ0v) is 13.9. The van der Waals surface area contributed by atoms with Gasteiger partial charge in [-0.3, -0.25) is 0 Å². The highest BCUT2D eigenvalue weighted by atomic mass is 79.9. The first kappa shape index (κ1) is 14.5. The van der Waals surface area contributed by atoms with Crippen molar-refractivity contribution in [2.24, 2.45) is 0 Å². The first-order chi connectivity index (χ1) is 8.82. The van der Waals surface area contributed by atoms with Gasteiger partial charge in [-0.15, -0.1) is 11.3 Å². The van der Waals surface area contributed by atoms with Crippen molar-refractivity contribution in [1.29, 1.82) is 0 Å². The molecular formula is C15H17BrO2S. The molecule has 0 aliphatic carbocycles. The van der Waals surface area contributed by atoms with Crippen molar-refractivity contribution in [3.8, 4) is 0 Å². The Bertz CT molecular complexity index is 623. The summed E-state index contributed by atoms with van der Waals surface area (Å²) in [5.74, 6) is -0.243. The van der Waals surface area contributed by atoms with Crippen molar-refractivity contribution >= 4 is 43.3 Å². The molecule has 2 nitrogen and oxygen atoms in total. The Kier molecular flexibility index (Phi) is 4.02. The summed E-state index contributed by atoms with van der Waals surface area (Å²) in [5.41, 5.74) is 1.34. The van der Waals surface area contributed by atoms with E-state index in [1.54, 1.807) is 0 Å². The Labute approximate surface area is 125 Å². The van der Waals surface area contributed by atoms with Crippen molar-refractivity contribution in [3.05, 3.63) is 33.1 Å².